The number of nitrogens with one attached hydrogen (secondary N) is 3. The highest BCUT2D eigenvalue weighted by Crippen LogP contribution is 2.11. The van der Waals surface area contributed by atoms with Crippen molar-refractivity contribution in [2.24, 2.45) is 0 Å². The normalized spacial score (nSPS) is 26.3. The van der Waals surface area contributed by atoms with E-state index < -0.39 is 0 Å². The number of hydrogen-bond donors (Lipinski definition) is 3. The van der Waals surface area contributed by atoms with Gasteiger partial charge >= 0.3 is 0 Å². The molecule has 7 nitrogen and oxygen atoms in total. The molecule has 0 aliphatic carbocycles. The van der Waals surface area contributed by atoms with Crippen molar-refractivity contribution in [2.75, 3.05) is 39.5 Å². The lowest BCUT2D eigenvalue weighted by Crippen LogP contribution is -2.58. The summed E-state index contributed by atoms with van der Waals surface area (Å²) in [4.78, 5) is 22.7. The number of carbonyl (C=O) groups excluding carboxylic acids is 2. The first-order valence-electron chi connectivity index (χ1n) is 7.23. The molecule has 114 valence electrons. The Kier molecular flexibility index (Phi) is 6.23. The number of carbonyl (C=O) groups is 2. The van der Waals surface area contributed by atoms with E-state index in [0.717, 1.165) is 25.9 Å². The number of rotatable bonds is 7. The van der Waals surface area contributed by atoms with E-state index in [0.29, 0.717) is 26.3 Å². The van der Waals surface area contributed by atoms with E-state index in [1.54, 1.807) is 0 Å². The topological polar surface area (TPSA) is 88.7 Å². The van der Waals surface area contributed by atoms with Crippen molar-refractivity contribution >= 4 is 11.8 Å². The van der Waals surface area contributed by atoms with Crippen molar-refractivity contribution in [3.63, 3.8) is 0 Å². The van der Waals surface area contributed by atoms with Gasteiger partial charge in [0.2, 0.25) is 11.8 Å². The zero-order valence-corrected chi connectivity index (χ0v) is 11.7. The Bertz CT molecular complexity index is 322. The van der Waals surface area contributed by atoms with Crippen molar-refractivity contribution in [1.82, 2.24) is 16.0 Å². The highest BCUT2D eigenvalue weighted by molar-refractivity contribution is 5.86. The minimum absolute atomic E-state index is 0.0726. The number of hydrogen-bond acceptors (Lipinski definition) is 5. The Balaban J connectivity index is 1.46. The molecule has 2 rings (SSSR count). The van der Waals surface area contributed by atoms with Crippen LogP contribution in [0.1, 0.15) is 19.3 Å². The zero-order valence-electron chi connectivity index (χ0n) is 11.7. The lowest BCUT2D eigenvalue weighted by atomic mass is 10.2. The van der Waals surface area contributed by atoms with Crippen molar-refractivity contribution in [3.8, 4) is 0 Å². The van der Waals surface area contributed by atoms with Crippen LogP contribution < -0.4 is 16.0 Å². The Hall–Kier alpha value is -1.18. The highest BCUT2D eigenvalue weighted by Gasteiger charge is 2.23. The standard InChI is InChI=1S/C13H23N3O4/c17-12-8-15-11(7-16-12)13(18)14-4-2-5-19-9-10-3-1-6-20-10/h10-11,15H,1-9H2,(H,14,18)(H,16,17). The quantitative estimate of drug-likeness (QED) is 0.510. The van der Waals surface area contributed by atoms with Crippen LogP contribution in [0.25, 0.3) is 0 Å². The van der Waals surface area contributed by atoms with Crippen LogP contribution >= 0.6 is 0 Å². The summed E-state index contributed by atoms with van der Waals surface area (Å²) >= 11 is 0. The van der Waals surface area contributed by atoms with E-state index >= 15 is 0 Å². The van der Waals surface area contributed by atoms with E-state index in [1.807, 2.05) is 0 Å². The van der Waals surface area contributed by atoms with Gasteiger partial charge in [0.1, 0.15) is 6.04 Å². The number of piperazine rings is 1. The molecule has 7 heteroatoms. The molecule has 3 N–H and O–H groups in total. The second-order valence-corrected chi connectivity index (χ2v) is 5.09. The predicted octanol–water partition coefficient (Wildman–Crippen LogP) is -1.22. The molecule has 0 saturated carbocycles. The third kappa shape index (κ3) is 5.07. The van der Waals surface area contributed by atoms with Crippen molar-refractivity contribution < 1.29 is 19.1 Å². The van der Waals surface area contributed by atoms with E-state index in [2.05, 4.69) is 16.0 Å². The van der Waals surface area contributed by atoms with Crippen molar-refractivity contribution in [3.05, 3.63) is 0 Å². The first kappa shape index (κ1) is 15.2. The van der Waals surface area contributed by atoms with E-state index in [9.17, 15) is 9.59 Å². The fraction of sp³-hybridized carbons (Fsp3) is 0.846. The van der Waals surface area contributed by atoms with Gasteiger partial charge in [0.25, 0.3) is 0 Å². The van der Waals surface area contributed by atoms with Crippen LogP contribution in [0.15, 0.2) is 0 Å². The molecule has 2 fully saturated rings. The van der Waals surface area contributed by atoms with E-state index in [1.165, 1.54) is 0 Å². The molecule has 0 spiro atoms. The maximum atomic E-state index is 11.8. The van der Waals surface area contributed by atoms with Crippen LogP contribution in [-0.2, 0) is 19.1 Å². The molecule has 0 aromatic carbocycles. The van der Waals surface area contributed by atoms with Crippen LogP contribution in [0.5, 0.6) is 0 Å². The van der Waals surface area contributed by atoms with Gasteiger partial charge in [0, 0.05) is 26.3 Å². The summed E-state index contributed by atoms with van der Waals surface area (Å²) in [6, 6.07) is -0.333. The predicted molar refractivity (Wildman–Crippen MR) is 72.2 cm³/mol. The summed E-state index contributed by atoms with van der Waals surface area (Å²) in [6.07, 6.45) is 3.22. The average molecular weight is 285 g/mol. The molecule has 0 bridgehead atoms. The molecule has 2 atom stereocenters. The first-order chi connectivity index (χ1) is 9.75. The lowest BCUT2D eigenvalue weighted by Gasteiger charge is -2.23. The summed E-state index contributed by atoms with van der Waals surface area (Å²) in [6.45, 7) is 3.23. The van der Waals surface area contributed by atoms with Gasteiger partial charge in [0.15, 0.2) is 0 Å². The van der Waals surface area contributed by atoms with Gasteiger partial charge in [-0.2, -0.15) is 0 Å². The summed E-state index contributed by atoms with van der Waals surface area (Å²) in [5.41, 5.74) is 0. The highest BCUT2D eigenvalue weighted by atomic mass is 16.5. The Labute approximate surface area is 118 Å². The third-order valence-corrected chi connectivity index (χ3v) is 3.42. The van der Waals surface area contributed by atoms with Crippen molar-refractivity contribution in [1.29, 1.82) is 0 Å². The maximum absolute atomic E-state index is 11.8. The van der Waals surface area contributed by atoms with E-state index in [-0.39, 0.29) is 30.5 Å². The van der Waals surface area contributed by atoms with Crippen LogP contribution in [0.3, 0.4) is 0 Å². The molecule has 0 radical (unpaired) electrons. The second kappa shape index (κ2) is 8.18. The van der Waals surface area contributed by atoms with Gasteiger partial charge in [-0.25, -0.2) is 0 Å². The van der Waals surface area contributed by atoms with Gasteiger partial charge < -0.3 is 20.1 Å². The minimum Gasteiger partial charge on any atom is -0.379 e. The molecular weight excluding hydrogens is 262 g/mol. The van der Waals surface area contributed by atoms with Gasteiger partial charge in [-0.05, 0) is 19.3 Å². The van der Waals surface area contributed by atoms with Crippen molar-refractivity contribution in [2.45, 2.75) is 31.4 Å². The SMILES string of the molecule is O=C1CNC(C(=O)NCCCOCC2CCCO2)CN1. The Morgan fingerprint density at radius 1 is 1.50 bits per heavy atom. The molecule has 2 saturated heterocycles. The fourth-order valence-electron chi connectivity index (χ4n) is 2.25. The van der Waals surface area contributed by atoms with Crippen LogP contribution in [0, 0.1) is 0 Å². The molecule has 2 unspecified atom stereocenters. The number of ether oxygens (including phenoxy) is 2. The van der Waals surface area contributed by atoms with Gasteiger partial charge in [0.05, 0.1) is 19.3 Å². The average Bonchev–Trinajstić information content (AvgIpc) is 2.96. The summed E-state index contributed by atoms with van der Waals surface area (Å²) in [5, 5.41) is 8.37. The summed E-state index contributed by atoms with van der Waals surface area (Å²) in [5.74, 6) is -0.152. The molecular formula is C13H23N3O4. The molecule has 0 aromatic rings. The van der Waals surface area contributed by atoms with Crippen LogP contribution in [-0.4, -0.2) is 63.4 Å². The zero-order chi connectivity index (χ0) is 14.2. The molecule has 2 aliphatic heterocycles. The van der Waals surface area contributed by atoms with Gasteiger partial charge in [-0.1, -0.05) is 0 Å². The molecule has 2 aliphatic rings. The summed E-state index contributed by atoms with van der Waals surface area (Å²) in [7, 11) is 0. The molecule has 0 aromatic heterocycles. The van der Waals surface area contributed by atoms with E-state index in [4.69, 9.17) is 9.47 Å². The molecule has 2 heterocycles. The minimum atomic E-state index is -0.333. The lowest BCUT2D eigenvalue weighted by molar-refractivity contribution is -0.126. The maximum Gasteiger partial charge on any atom is 0.238 e. The Morgan fingerprint density at radius 2 is 2.40 bits per heavy atom. The molecule has 20 heavy (non-hydrogen) atoms. The van der Waals surface area contributed by atoms with Gasteiger partial charge in [-0.3, -0.25) is 14.9 Å². The summed E-state index contributed by atoms with van der Waals surface area (Å²) < 4.78 is 11.0. The van der Waals surface area contributed by atoms with Crippen LogP contribution in [0.2, 0.25) is 0 Å². The fourth-order valence-corrected chi connectivity index (χ4v) is 2.25. The molecule has 2 amide bonds. The Morgan fingerprint density at radius 3 is 3.10 bits per heavy atom. The largest absolute Gasteiger partial charge is 0.379 e. The van der Waals surface area contributed by atoms with Gasteiger partial charge in [-0.15, -0.1) is 0 Å². The third-order valence-electron chi connectivity index (χ3n) is 3.42. The number of amides is 2. The first-order valence-corrected chi connectivity index (χ1v) is 7.23. The smallest absolute Gasteiger partial charge is 0.238 e. The monoisotopic (exact) mass is 285 g/mol. The van der Waals surface area contributed by atoms with Crippen LogP contribution in [0.4, 0.5) is 0 Å². The second-order valence-electron chi connectivity index (χ2n) is 5.09.